The van der Waals surface area contributed by atoms with Crippen LogP contribution in [0, 0.1) is 5.92 Å². The van der Waals surface area contributed by atoms with Gasteiger partial charge in [-0.25, -0.2) is 0 Å². The first-order valence-corrected chi connectivity index (χ1v) is 7.22. The number of rotatable bonds is 3. The molecule has 96 valence electrons. The summed E-state index contributed by atoms with van der Waals surface area (Å²) < 4.78 is 0.771. The molecule has 0 radical (unpaired) electrons. The Kier molecular flexibility index (Phi) is 4.84. The van der Waals surface area contributed by atoms with Crippen molar-refractivity contribution in [2.24, 2.45) is 5.92 Å². The van der Waals surface area contributed by atoms with E-state index in [2.05, 4.69) is 33.4 Å². The van der Waals surface area contributed by atoms with Crippen molar-refractivity contribution in [3.8, 4) is 0 Å². The molecular formula is C14H15BrClNO. The number of nitrogens with one attached hydrogen (secondary N) is 1. The van der Waals surface area contributed by atoms with E-state index < -0.39 is 0 Å². The summed E-state index contributed by atoms with van der Waals surface area (Å²) >= 11 is 9.27. The van der Waals surface area contributed by atoms with Gasteiger partial charge in [0.2, 0.25) is 0 Å². The van der Waals surface area contributed by atoms with Crippen LogP contribution < -0.4 is 5.32 Å². The predicted octanol–water partition coefficient (Wildman–Crippen LogP) is 4.19. The van der Waals surface area contributed by atoms with E-state index in [1.807, 2.05) is 0 Å². The van der Waals surface area contributed by atoms with Crippen LogP contribution in [-0.2, 0) is 0 Å². The zero-order valence-corrected chi connectivity index (χ0v) is 12.3. The Morgan fingerprint density at radius 3 is 3.00 bits per heavy atom. The summed E-state index contributed by atoms with van der Waals surface area (Å²) in [4.78, 5) is 12.0. The summed E-state index contributed by atoms with van der Waals surface area (Å²) in [6.45, 7) is 0.724. The van der Waals surface area contributed by atoms with Gasteiger partial charge in [0.05, 0.1) is 5.56 Å². The Morgan fingerprint density at radius 1 is 1.44 bits per heavy atom. The Labute approximate surface area is 121 Å². The molecule has 0 heterocycles. The van der Waals surface area contributed by atoms with E-state index in [1.54, 1.807) is 18.2 Å². The fourth-order valence-electron chi connectivity index (χ4n) is 2.05. The second-order valence-electron chi connectivity index (χ2n) is 4.48. The normalized spacial score (nSPS) is 18.7. The lowest BCUT2D eigenvalue weighted by Crippen LogP contribution is -2.29. The zero-order chi connectivity index (χ0) is 13.0. The molecule has 0 fully saturated rings. The van der Waals surface area contributed by atoms with Crippen LogP contribution in [0.2, 0.25) is 5.02 Å². The molecule has 1 aromatic carbocycles. The number of carbonyl (C=O) groups excluding carboxylic acids is 1. The van der Waals surface area contributed by atoms with E-state index in [1.165, 1.54) is 0 Å². The summed E-state index contributed by atoms with van der Waals surface area (Å²) in [5.41, 5.74) is 0.592. The largest absolute Gasteiger partial charge is 0.352 e. The Bertz CT molecular complexity index is 473. The van der Waals surface area contributed by atoms with Gasteiger partial charge in [0.15, 0.2) is 0 Å². The summed E-state index contributed by atoms with van der Waals surface area (Å²) in [5.74, 6) is 0.482. The van der Waals surface area contributed by atoms with Gasteiger partial charge in [-0.15, -0.1) is 0 Å². The predicted molar refractivity (Wildman–Crippen MR) is 78.0 cm³/mol. The second kappa shape index (κ2) is 6.39. The number of carbonyl (C=O) groups is 1. The van der Waals surface area contributed by atoms with Crippen molar-refractivity contribution in [1.82, 2.24) is 5.32 Å². The van der Waals surface area contributed by atoms with E-state index >= 15 is 0 Å². The lowest BCUT2D eigenvalue weighted by atomic mass is 9.94. The van der Waals surface area contributed by atoms with Gasteiger partial charge in [0, 0.05) is 16.0 Å². The lowest BCUT2D eigenvalue weighted by Gasteiger charge is -2.18. The molecule has 0 aromatic heterocycles. The maximum Gasteiger partial charge on any atom is 0.252 e. The summed E-state index contributed by atoms with van der Waals surface area (Å²) in [6.07, 6.45) is 7.70. The summed E-state index contributed by atoms with van der Waals surface area (Å²) in [5, 5.41) is 3.55. The number of hydrogen-bond donors (Lipinski definition) is 1. The molecule has 2 rings (SSSR count). The highest BCUT2D eigenvalue weighted by atomic mass is 79.9. The van der Waals surface area contributed by atoms with E-state index in [0.29, 0.717) is 16.5 Å². The molecule has 0 spiro atoms. The zero-order valence-electron chi connectivity index (χ0n) is 9.96. The first-order chi connectivity index (χ1) is 8.66. The highest BCUT2D eigenvalue weighted by molar-refractivity contribution is 9.10. The number of halogens is 2. The van der Waals surface area contributed by atoms with Crippen molar-refractivity contribution in [2.75, 3.05) is 6.54 Å². The van der Waals surface area contributed by atoms with Crippen LogP contribution in [0.1, 0.15) is 29.6 Å². The van der Waals surface area contributed by atoms with Gasteiger partial charge < -0.3 is 5.32 Å². The molecule has 2 nitrogen and oxygen atoms in total. The van der Waals surface area contributed by atoms with Crippen LogP contribution in [0.25, 0.3) is 0 Å². The van der Waals surface area contributed by atoms with Gasteiger partial charge in [0.25, 0.3) is 5.91 Å². The van der Waals surface area contributed by atoms with Gasteiger partial charge in [-0.3, -0.25) is 4.79 Å². The molecule has 1 amide bonds. The highest BCUT2D eigenvalue weighted by Gasteiger charge is 2.14. The van der Waals surface area contributed by atoms with Crippen LogP contribution in [-0.4, -0.2) is 12.5 Å². The van der Waals surface area contributed by atoms with Crippen LogP contribution >= 0.6 is 27.5 Å². The fraction of sp³-hybridized carbons (Fsp3) is 0.357. The van der Waals surface area contributed by atoms with Gasteiger partial charge >= 0.3 is 0 Å². The quantitative estimate of drug-likeness (QED) is 0.828. The number of benzene rings is 1. The Hall–Kier alpha value is -0.800. The molecule has 0 aliphatic heterocycles. The van der Waals surface area contributed by atoms with Crippen molar-refractivity contribution < 1.29 is 4.79 Å². The molecular weight excluding hydrogens is 314 g/mol. The molecule has 0 saturated carbocycles. The van der Waals surface area contributed by atoms with E-state index in [4.69, 9.17) is 11.6 Å². The van der Waals surface area contributed by atoms with Gasteiger partial charge in [-0.1, -0.05) is 23.8 Å². The Balaban J connectivity index is 1.95. The van der Waals surface area contributed by atoms with Gasteiger partial charge in [-0.2, -0.15) is 0 Å². The monoisotopic (exact) mass is 327 g/mol. The van der Waals surface area contributed by atoms with Crippen molar-refractivity contribution in [3.63, 3.8) is 0 Å². The maximum atomic E-state index is 12.0. The minimum absolute atomic E-state index is 0.0704. The third-order valence-electron chi connectivity index (χ3n) is 3.10. The molecule has 18 heavy (non-hydrogen) atoms. The first-order valence-electron chi connectivity index (χ1n) is 6.05. The van der Waals surface area contributed by atoms with E-state index in [0.717, 1.165) is 30.3 Å². The molecule has 1 aliphatic carbocycles. The second-order valence-corrected chi connectivity index (χ2v) is 5.78. The molecule has 0 bridgehead atoms. The number of hydrogen-bond acceptors (Lipinski definition) is 1. The minimum Gasteiger partial charge on any atom is -0.352 e. The van der Waals surface area contributed by atoms with Crippen molar-refractivity contribution in [3.05, 3.63) is 45.4 Å². The highest BCUT2D eigenvalue weighted by Crippen LogP contribution is 2.22. The molecule has 1 N–H and O–H groups in total. The third-order valence-corrected chi connectivity index (χ3v) is 4.03. The van der Waals surface area contributed by atoms with Crippen molar-refractivity contribution in [2.45, 2.75) is 19.3 Å². The molecule has 0 saturated heterocycles. The molecule has 4 heteroatoms. The lowest BCUT2D eigenvalue weighted by molar-refractivity contribution is 0.0945. The first kappa shape index (κ1) is 13.6. The van der Waals surface area contributed by atoms with Crippen LogP contribution in [0.5, 0.6) is 0 Å². The summed E-state index contributed by atoms with van der Waals surface area (Å²) in [7, 11) is 0. The smallest absolute Gasteiger partial charge is 0.252 e. The molecule has 1 aliphatic rings. The number of allylic oxidation sites excluding steroid dienone is 2. The van der Waals surface area contributed by atoms with Gasteiger partial charge in [-0.05, 0) is 59.3 Å². The van der Waals surface area contributed by atoms with Gasteiger partial charge in [0.1, 0.15) is 0 Å². The average Bonchev–Trinajstić information content (AvgIpc) is 2.40. The minimum atomic E-state index is -0.0704. The average molecular weight is 329 g/mol. The van der Waals surface area contributed by atoms with Crippen molar-refractivity contribution in [1.29, 1.82) is 0 Å². The van der Waals surface area contributed by atoms with Crippen LogP contribution in [0.3, 0.4) is 0 Å². The van der Waals surface area contributed by atoms with Crippen LogP contribution in [0.15, 0.2) is 34.8 Å². The van der Waals surface area contributed by atoms with E-state index in [-0.39, 0.29) is 5.91 Å². The van der Waals surface area contributed by atoms with Crippen LogP contribution in [0.4, 0.5) is 0 Å². The fourth-order valence-corrected chi connectivity index (χ4v) is 2.64. The molecule has 1 atom stereocenters. The maximum absolute atomic E-state index is 12.0. The van der Waals surface area contributed by atoms with E-state index in [9.17, 15) is 4.79 Å². The standard InChI is InChI=1S/C14H15BrClNO/c15-13-7-6-11(16)8-12(13)14(18)17-9-10-4-2-1-3-5-10/h1-2,6-8,10H,3-5,9H2,(H,17,18). The number of amides is 1. The molecule has 1 aromatic rings. The molecule has 1 unspecified atom stereocenters. The SMILES string of the molecule is O=C(NCC1CC=CCC1)c1cc(Cl)ccc1Br. The third kappa shape index (κ3) is 3.59. The Morgan fingerprint density at radius 2 is 2.28 bits per heavy atom. The topological polar surface area (TPSA) is 29.1 Å². The van der Waals surface area contributed by atoms with Crippen molar-refractivity contribution >= 4 is 33.4 Å². The summed E-state index contributed by atoms with van der Waals surface area (Å²) in [6, 6.07) is 5.23.